The van der Waals surface area contributed by atoms with E-state index in [1.165, 1.54) is 17.5 Å². The molecule has 0 aliphatic heterocycles. The fourth-order valence-electron chi connectivity index (χ4n) is 1.81. The van der Waals surface area contributed by atoms with Crippen molar-refractivity contribution in [3.05, 3.63) is 52.6 Å². The third kappa shape index (κ3) is 3.41. The van der Waals surface area contributed by atoms with Gasteiger partial charge in [0.05, 0.1) is 5.69 Å². The summed E-state index contributed by atoms with van der Waals surface area (Å²) in [5.74, 6) is 5.34. The molecule has 0 spiro atoms. The number of nitrogen functional groups attached to an aromatic ring is 1. The van der Waals surface area contributed by atoms with Crippen molar-refractivity contribution in [3.8, 4) is 0 Å². The highest BCUT2D eigenvalue weighted by atomic mass is 79.9. The third-order valence-electron chi connectivity index (χ3n) is 2.93. The molecule has 0 saturated heterocycles. The maximum Gasteiger partial charge on any atom is 0.262 e. The molecule has 2 aromatic rings. The van der Waals surface area contributed by atoms with Gasteiger partial charge in [0.25, 0.3) is 10.0 Å². The summed E-state index contributed by atoms with van der Waals surface area (Å²) in [5, 5.41) is -0.0953. The number of hydrazine groups is 1. The fraction of sp³-hybridized carbons (Fsp3) is 0.154. The molecule has 0 fully saturated rings. The lowest BCUT2D eigenvalue weighted by Gasteiger charge is -2.18. The number of hydrogen-bond acceptors (Lipinski definition) is 5. The molecule has 1 heterocycles. The van der Waals surface area contributed by atoms with Crippen LogP contribution in [0, 0.1) is 0 Å². The molecule has 0 aliphatic rings. The molecule has 8 heteroatoms. The molecule has 0 saturated carbocycles. The van der Waals surface area contributed by atoms with E-state index in [1.54, 1.807) is 12.1 Å². The van der Waals surface area contributed by atoms with Crippen molar-refractivity contribution in [1.29, 1.82) is 0 Å². The molecule has 0 unspecified atom stereocenters. The van der Waals surface area contributed by atoms with Gasteiger partial charge >= 0.3 is 0 Å². The van der Waals surface area contributed by atoms with Crippen LogP contribution in [0.15, 0.2) is 52.1 Å². The lowest BCUT2D eigenvalue weighted by atomic mass is 10.2. The van der Waals surface area contributed by atoms with E-state index in [0.29, 0.717) is 0 Å². The number of aromatic nitrogens is 1. The molecule has 0 atom stereocenters. The summed E-state index contributed by atoms with van der Waals surface area (Å²) in [6, 6.07) is 10.6. The second kappa shape index (κ2) is 6.52. The summed E-state index contributed by atoms with van der Waals surface area (Å²) in [5.41, 5.74) is 3.48. The standard InChI is InChI=1S/C13H15BrN4O2S/c1-18(9-10-5-2-3-6-11(10)14)21(19,20)13-12(17-15)7-4-8-16-13/h2-8,17H,9,15H2,1H3. The second-order valence-corrected chi connectivity index (χ2v) is 7.17. The summed E-state index contributed by atoms with van der Waals surface area (Å²) >= 11 is 3.41. The van der Waals surface area contributed by atoms with E-state index in [-0.39, 0.29) is 17.3 Å². The molecule has 0 amide bonds. The van der Waals surface area contributed by atoms with Crippen molar-refractivity contribution < 1.29 is 8.42 Å². The second-order valence-electron chi connectivity index (χ2n) is 4.35. The largest absolute Gasteiger partial charge is 0.321 e. The molecule has 112 valence electrons. The molecule has 1 aromatic heterocycles. The first-order valence-corrected chi connectivity index (χ1v) is 8.31. The minimum absolute atomic E-state index is 0.0953. The summed E-state index contributed by atoms with van der Waals surface area (Å²) < 4.78 is 27.2. The maximum atomic E-state index is 12.6. The van der Waals surface area contributed by atoms with Crippen molar-refractivity contribution in [1.82, 2.24) is 9.29 Å². The van der Waals surface area contributed by atoms with Crippen LogP contribution in [0.5, 0.6) is 0 Å². The smallest absolute Gasteiger partial charge is 0.262 e. The van der Waals surface area contributed by atoms with Crippen LogP contribution < -0.4 is 11.3 Å². The van der Waals surface area contributed by atoms with Crippen molar-refractivity contribution in [2.75, 3.05) is 12.5 Å². The van der Waals surface area contributed by atoms with Gasteiger partial charge in [0.1, 0.15) is 0 Å². The highest BCUT2D eigenvalue weighted by Gasteiger charge is 2.25. The monoisotopic (exact) mass is 370 g/mol. The van der Waals surface area contributed by atoms with Crippen molar-refractivity contribution in [2.24, 2.45) is 5.84 Å². The molecule has 2 rings (SSSR count). The van der Waals surface area contributed by atoms with Crippen LogP contribution in [-0.2, 0) is 16.6 Å². The van der Waals surface area contributed by atoms with Crippen LogP contribution in [0.1, 0.15) is 5.56 Å². The Morgan fingerprint density at radius 2 is 2.00 bits per heavy atom. The van der Waals surface area contributed by atoms with E-state index in [9.17, 15) is 8.42 Å². The van der Waals surface area contributed by atoms with Crippen LogP contribution >= 0.6 is 15.9 Å². The Balaban J connectivity index is 2.33. The Labute approximate surface area is 132 Å². The zero-order valence-electron chi connectivity index (χ0n) is 11.3. The maximum absolute atomic E-state index is 12.6. The number of anilines is 1. The van der Waals surface area contributed by atoms with Gasteiger partial charge in [-0.05, 0) is 23.8 Å². The Morgan fingerprint density at radius 3 is 2.67 bits per heavy atom. The summed E-state index contributed by atoms with van der Waals surface area (Å²) in [6.07, 6.45) is 1.42. The summed E-state index contributed by atoms with van der Waals surface area (Å²) in [6.45, 7) is 0.227. The summed E-state index contributed by atoms with van der Waals surface area (Å²) in [7, 11) is -2.23. The van der Waals surface area contributed by atoms with Gasteiger partial charge in [0.2, 0.25) is 0 Å². The van der Waals surface area contributed by atoms with Crippen LogP contribution in [0.3, 0.4) is 0 Å². The Kier molecular flexibility index (Phi) is 4.94. The predicted octanol–water partition coefficient (Wildman–Crippen LogP) is 1.95. The molecule has 0 aliphatic carbocycles. The lowest BCUT2D eigenvalue weighted by molar-refractivity contribution is 0.463. The van der Waals surface area contributed by atoms with E-state index in [0.717, 1.165) is 10.0 Å². The van der Waals surface area contributed by atoms with Gasteiger partial charge in [-0.15, -0.1) is 0 Å². The third-order valence-corrected chi connectivity index (χ3v) is 5.47. The first-order chi connectivity index (χ1) is 9.96. The van der Waals surface area contributed by atoms with Crippen molar-refractivity contribution in [3.63, 3.8) is 0 Å². The predicted molar refractivity (Wildman–Crippen MR) is 84.8 cm³/mol. The van der Waals surface area contributed by atoms with Crippen molar-refractivity contribution in [2.45, 2.75) is 11.6 Å². The van der Waals surface area contributed by atoms with E-state index >= 15 is 0 Å². The topological polar surface area (TPSA) is 88.3 Å². The SMILES string of the molecule is CN(Cc1ccccc1Br)S(=O)(=O)c1ncccc1NN. The Morgan fingerprint density at radius 1 is 1.29 bits per heavy atom. The summed E-state index contributed by atoms with van der Waals surface area (Å²) in [4.78, 5) is 3.92. The van der Waals surface area contributed by atoms with Gasteiger partial charge in [-0.25, -0.2) is 13.4 Å². The van der Waals surface area contributed by atoms with Crippen LogP contribution in [0.4, 0.5) is 5.69 Å². The number of nitrogens with zero attached hydrogens (tertiary/aromatic N) is 2. The van der Waals surface area contributed by atoms with Gasteiger partial charge in [-0.1, -0.05) is 34.1 Å². The average Bonchev–Trinajstić information content (AvgIpc) is 2.49. The van der Waals surface area contributed by atoms with E-state index in [1.807, 2.05) is 24.3 Å². The molecular weight excluding hydrogens is 356 g/mol. The number of benzene rings is 1. The Bertz CT molecular complexity index is 736. The van der Waals surface area contributed by atoms with Crippen molar-refractivity contribution >= 4 is 31.6 Å². The highest BCUT2D eigenvalue weighted by Crippen LogP contribution is 2.24. The van der Waals surface area contributed by atoms with Gasteiger partial charge in [0.15, 0.2) is 5.03 Å². The number of rotatable bonds is 5. The number of sulfonamides is 1. The van der Waals surface area contributed by atoms with E-state index in [4.69, 9.17) is 5.84 Å². The zero-order chi connectivity index (χ0) is 15.5. The number of halogens is 1. The first kappa shape index (κ1) is 15.9. The molecule has 6 nitrogen and oxygen atoms in total. The first-order valence-electron chi connectivity index (χ1n) is 6.08. The normalized spacial score (nSPS) is 11.6. The van der Waals surface area contributed by atoms with Crippen LogP contribution in [-0.4, -0.2) is 24.8 Å². The van der Waals surface area contributed by atoms with Crippen LogP contribution in [0.25, 0.3) is 0 Å². The minimum atomic E-state index is -3.74. The van der Waals surface area contributed by atoms with Gasteiger partial charge in [0, 0.05) is 24.3 Å². The van der Waals surface area contributed by atoms with E-state index in [2.05, 4.69) is 26.3 Å². The molecule has 0 radical (unpaired) electrons. The molecular formula is C13H15BrN4O2S. The lowest BCUT2D eigenvalue weighted by Crippen LogP contribution is -2.28. The van der Waals surface area contributed by atoms with Gasteiger partial charge in [-0.2, -0.15) is 4.31 Å². The number of hydrogen-bond donors (Lipinski definition) is 2. The van der Waals surface area contributed by atoms with E-state index < -0.39 is 10.0 Å². The van der Waals surface area contributed by atoms with Gasteiger partial charge in [-0.3, -0.25) is 5.84 Å². The highest BCUT2D eigenvalue weighted by molar-refractivity contribution is 9.10. The zero-order valence-corrected chi connectivity index (χ0v) is 13.7. The quantitative estimate of drug-likeness (QED) is 0.620. The number of nitrogens with one attached hydrogen (secondary N) is 1. The van der Waals surface area contributed by atoms with Crippen LogP contribution in [0.2, 0.25) is 0 Å². The molecule has 1 aromatic carbocycles. The molecule has 21 heavy (non-hydrogen) atoms. The number of pyridine rings is 1. The number of nitrogens with two attached hydrogens (primary N) is 1. The van der Waals surface area contributed by atoms with Gasteiger partial charge < -0.3 is 5.43 Å². The molecule has 0 bridgehead atoms. The Hall–Kier alpha value is -1.48. The fourth-order valence-corrected chi connectivity index (χ4v) is 3.42. The minimum Gasteiger partial charge on any atom is -0.321 e. The average molecular weight is 371 g/mol. The molecule has 3 N–H and O–H groups in total.